The number of methoxy groups -OCH3 is 2. The first-order valence-electron chi connectivity index (χ1n) is 9.26. The van der Waals surface area contributed by atoms with Gasteiger partial charge in [0.05, 0.1) is 14.2 Å². The van der Waals surface area contributed by atoms with Crippen molar-refractivity contribution in [3.8, 4) is 11.5 Å². The molecule has 2 aromatic rings. The number of ether oxygens (including phenoxy) is 3. The molecular weight excluding hydrogens is 372 g/mol. The third-order valence-corrected chi connectivity index (χ3v) is 3.95. The fourth-order valence-corrected chi connectivity index (χ4v) is 2.54. The van der Waals surface area contributed by atoms with Gasteiger partial charge in [0, 0.05) is 18.7 Å². The number of nitrogens with one attached hydrogen (secondary N) is 2. The van der Waals surface area contributed by atoms with Gasteiger partial charge in [-0.2, -0.15) is 0 Å². The van der Waals surface area contributed by atoms with Crippen LogP contribution in [0.1, 0.15) is 42.3 Å². The van der Waals surface area contributed by atoms with E-state index in [0.717, 1.165) is 11.1 Å². The Balaban J connectivity index is 1.88. The van der Waals surface area contributed by atoms with Crippen molar-refractivity contribution in [1.82, 2.24) is 10.6 Å². The average molecular weight is 400 g/mol. The summed E-state index contributed by atoms with van der Waals surface area (Å²) in [5.74, 6) is 1.06. The molecule has 29 heavy (non-hydrogen) atoms. The van der Waals surface area contributed by atoms with Crippen molar-refractivity contribution in [1.29, 1.82) is 0 Å². The summed E-state index contributed by atoms with van der Waals surface area (Å²) < 4.78 is 15.7. The Kier molecular flexibility index (Phi) is 7.47. The molecule has 0 unspecified atom stereocenters. The van der Waals surface area contributed by atoms with Crippen LogP contribution in [-0.2, 0) is 17.8 Å². The Morgan fingerprint density at radius 2 is 1.41 bits per heavy atom. The van der Waals surface area contributed by atoms with Crippen LogP contribution in [0.5, 0.6) is 11.5 Å². The molecule has 7 heteroatoms. The quantitative estimate of drug-likeness (QED) is 0.741. The molecule has 0 aromatic heterocycles. The summed E-state index contributed by atoms with van der Waals surface area (Å²) in [6.45, 7) is 6.11. The van der Waals surface area contributed by atoms with Gasteiger partial charge in [0.15, 0.2) is 11.5 Å². The van der Waals surface area contributed by atoms with Crippen molar-refractivity contribution in [2.75, 3.05) is 14.2 Å². The Labute approximate surface area is 171 Å². The second-order valence-electron chi connectivity index (χ2n) is 7.42. The fraction of sp³-hybridized carbons (Fsp3) is 0.364. The van der Waals surface area contributed by atoms with Crippen molar-refractivity contribution in [2.24, 2.45) is 0 Å². The number of rotatable bonds is 7. The summed E-state index contributed by atoms with van der Waals surface area (Å²) in [6, 6.07) is 12.5. The van der Waals surface area contributed by atoms with Crippen LogP contribution in [0.3, 0.4) is 0 Å². The summed E-state index contributed by atoms with van der Waals surface area (Å²) in [7, 11) is 3.14. The molecular formula is C22H28N2O5. The molecule has 2 amide bonds. The van der Waals surface area contributed by atoms with Crippen LogP contribution in [0.15, 0.2) is 42.5 Å². The normalized spacial score (nSPS) is 10.8. The van der Waals surface area contributed by atoms with Crippen molar-refractivity contribution in [2.45, 2.75) is 39.5 Å². The summed E-state index contributed by atoms with van der Waals surface area (Å²) in [4.78, 5) is 24.1. The molecule has 0 heterocycles. The van der Waals surface area contributed by atoms with Gasteiger partial charge in [-0.05, 0) is 56.2 Å². The predicted octanol–water partition coefficient (Wildman–Crippen LogP) is 3.66. The maximum atomic E-state index is 12.4. The maximum absolute atomic E-state index is 12.4. The number of alkyl carbamates (subject to hydrolysis) is 1. The van der Waals surface area contributed by atoms with Crippen LogP contribution in [-0.4, -0.2) is 31.8 Å². The lowest BCUT2D eigenvalue weighted by molar-refractivity contribution is 0.0523. The summed E-state index contributed by atoms with van der Waals surface area (Å²) in [5, 5.41) is 5.56. The van der Waals surface area contributed by atoms with E-state index >= 15 is 0 Å². The van der Waals surface area contributed by atoms with E-state index < -0.39 is 11.7 Å². The number of carbonyl (C=O) groups is 2. The van der Waals surface area contributed by atoms with E-state index in [1.807, 2.05) is 32.9 Å². The number of benzene rings is 2. The molecule has 156 valence electrons. The molecule has 0 bridgehead atoms. The lowest BCUT2D eigenvalue weighted by Crippen LogP contribution is -2.32. The smallest absolute Gasteiger partial charge is 0.407 e. The highest BCUT2D eigenvalue weighted by Gasteiger charge is 2.15. The first kappa shape index (κ1) is 22.1. The summed E-state index contributed by atoms with van der Waals surface area (Å²) in [6.07, 6.45) is -0.478. The first-order chi connectivity index (χ1) is 13.7. The van der Waals surface area contributed by atoms with Crippen LogP contribution in [0.4, 0.5) is 4.79 Å². The summed E-state index contributed by atoms with van der Waals surface area (Å²) in [5.41, 5.74) is 1.76. The van der Waals surface area contributed by atoms with Gasteiger partial charge in [0.25, 0.3) is 5.91 Å². The molecule has 0 aliphatic carbocycles. The van der Waals surface area contributed by atoms with E-state index in [-0.39, 0.29) is 5.91 Å². The van der Waals surface area contributed by atoms with Gasteiger partial charge in [0.2, 0.25) is 0 Å². The lowest BCUT2D eigenvalue weighted by Gasteiger charge is -2.19. The standard InChI is InChI=1S/C22H28N2O5/c1-22(2,3)29-21(26)24-13-15-6-9-17(10-7-15)20(25)23-14-16-8-11-18(27-4)19(12-16)28-5/h6-12H,13-14H2,1-5H3,(H,23,25)(H,24,26). The van der Waals surface area contributed by atoms with Gasteiger partial charge in [-0.25, -0.2) is 4.79 Å². The van der Waals surface area contributed by atoms with Crippen molar-refractivity contribution in [3.63, 3.8) is 0 Å². The van der Waals surface area contributed by atoms with Crippen molar-refractivity contribution >= 4 is 12.0 Å². The Morgan fingerprint density at radius 3 is 2.00 bits per heavy atom. The van der Waals surface area contributed by atoms with E-state index in [0.29, 0.717) is 30.2 Å². The van der Waals surface area contributed by atoms with Crippen LogP contribution in [0.2, 0.25) is 0 Å². The third kappa shape index (κ3) is 7.03. The van der Waals surface area contributed by atoms with Crippen molar-refractivity contribution in [3.05, 3.63) is 59.2 Å². The largest absolute Gasteiger partial charge is 0.493 e. The van der Waals surface area contributed by atoms with Crippen LogP contribution >= 0.6 is 0 Å². The van der Waals surface area contributed by atoms with E-state index in [2.05, 4.69) is 10.6 Å². The molecule has 0 aliphatic rings. The molecule has 0 atom stereocenters. The van der Waals surface area contributed by atoms with Crippen LogP contribution < -0.4 is 20.1 Å². The second kappa shape index (κ2) is 9.82. The monoisotopic (exact) mass is 400 g/mol. The number of hydrogen-bond acceptors (Lipinski definition) is 5. The van der Waals surface area contributed by atoms with E-state index in [9.17, 15) is 9.59 Å². The molecule has 7 nitrogen and oxygen atoms in total. The molecule has 0 spiro atoms. The van der Waals surface area contributed by atoms with Gasteiger partial charge >= 0.3 is 6.09 Å². The van der Waals surface area contributed by atoms with Crippen LogP contribution in [0, 0.1) is 0 Å². The summed E-state index contributed by atoms with van der Waals surface area (Å²) >= 11 is 0. The minimum absolute atomic E-state index is 0.188. The van der Waals surface area contributed by atoms with E-state index in [1.54, 1.807) is 44.6 Å². The molecule has 2 aromatic carbocycles. The third-order valence-electron chi connectivity index (χ3n) is 3.95. The van der Waals surface area contributed by atoms with Gasteiger partial charge < -0.3 is 24.8 Å². The van der Waals surface area contributed by atoms with Gasteiger partial charge in [-0.1, -0.05) is 18.2 Å². The van der Waals surface area contributed by atoms with Gasteiger partial charge in [-0.3, -0.25) is 4.79 Å². The van der Waals surface area contributed by atoms with Crippen LogP contribution in [0.25, 0.3) is 0 Å². The molecule has 0 radical (unpaired) electrons. The Hall–Kier alpha value is -3.22. The van der Waals surface area contributed by atoms with E-state index in [4.69, 9.17) is 14.2 Å². The lowest BCUT2D eigenvalue weighted by atomic mass is 10.1. The SMILES string of the molecule is COc1ccc(CNC(=O)c2ccc(CNC(=O)OC(C)(C)C)cc2)cc1OC. The molecule has 2 N–H and O–H groups in total. The zero-order valence-electron chi connectivity index (χ0n) is 17.5. The molecule has 0 aliphatic heterocycles. The molecule has 0 saturated carbocycles. The Morgan fingerprint density at radius 1 is 0.828 bits per heavy atom. The highest BCUT2D eigenvalue weighted by Crippen LogP contribution is 2.27. The first-order valence-corrected chi connectivity index (χ1v) is 9.26. The number of hydrogen-bond donors (Lipinski definition) is 2. The number of carbonyl (C=O) groups excluding carboxylic acids is 2. The molecule has 2 rings (SSSR count). The van der Waals surface area contributed by atoms with Gasteiger partial charge in [0.1, 0.15) is 5.60 Å². The zero-order chi connectivity index (χ0) is 21.4. The highest BCUT2D eigenvalue weighted by molar-refractivity contribution is 5.94. The maximum Gasteiger partial charge on any atom is 0.407 e. The van der Waals surface area contributed by atoms with Crippen molar-refractivity contribution < 1.29 is 23.8 Å². The van der Waals surface area contributed by atoms with E-state index in [1.165, 1.54) is 0 Å². The minimum Gasteiger partial charge on any atom is -0.493 e. The molecule has 0 saturated heterocycles. The Bertz CT molecular complexity index is 841. The highest BCUT2D eigenvalue weighted by atomic mass is 16.6. The predicted molar refractivity (Wildman–Crippen MR) is 110 cm³/mol. The minimum atomic E-state index is -0.542. The average Bonchev–Trinajstić information content (AvgIpc) is 2.69. The number of amides is 2. The second-order valence-corrected chi connectivity index (χ2v) is 7.42. The zero-order valence-corrected chi connectivity index (χ0v) is 17.5. The topological polar surface area (TPSA) is 85.9 Å². The molecule has 0 fully saturated rings. The fourth-order valence-electron chi connectivity index (χ4n) is 2.54. The van der Waals surface area contributed by atoms with Gasteiger partial charge in [-0.15, -0.1) is 0 Å².